The molecule has 4 nitrogen and oxygen atoms in total. The third kappa shape index (κ3) is 3.05. The highest BCUT2D eigenvalue weighted by molar-refractivity contribution is 7.17. The van der Waals surface area contributed by atoms with Crippen LogP contribution in [-0.4, -0.2) is 16.2 Å². The molecule has 0 fully saturated rings. The Hall–Kier alpha value is -1.72. The van der Waals surface area contributed by atoms with Crippen molar-refractivity contribution in [1.29, 1.82) is 0 Å². The largest absolute Gasteiger partial charge is 0.361 e. The van der Waals surface area contributed by atoms with Gasteiger partial charge in [-0.2, -0.15) is 0 Å². The zero-order valence-corrected chi connectivity index (χ0v) is 14.2. The molecule has 0 aliphatic carbocycles. The van der Waals surface area contributed by atoms with Gasteiger partial charge in [-0.3, -0.25) is 4.98 Å². The third-order valence-corrected chi connectivity index (χ3v) is 4.90. The van der Waals surface area contributed by atoms with Crippen LogP contribution >= 0.6 is 11.3 Å². The monoisotopic (exact) mass is 315 g/mol. The fourth-order valence-electron chi connectivity index (χ4n) is 2.78. The van der Waals surface area contributed by atoms with E-state index in [4.69, 9.17) is 4.52 Å². The van der Waals surface area contributed by atoms with E-state index in [-0.39, 0.29) is 6.04 Å². The summed E-state index contributed by atoms with van der Waals surface area (Å²) in [6.45, 7) is 8.34. The number of aromatic nitrogens is 2. The molecule has 0 spiro atoms. The van der Waals surface area contributed by atoms with Gasteiger partial charge in [0.15, 0.2) is 0 Å². The second-order valence-corrected chi connectivity index (χ2v) is 6.82. The maximum Gasteiger partial charge on any atom is 0.137 e. The van der Waals surface area contributed by atoms with Crippen LogP contribution in [-0.2, 0) is 6.42 Å². The first-order chi connectivity index (χ1) is 10.5. The van der Waals surface area contributed by atoms with Crippen molar-refractivity contribution < 1.29 is 4.52 Å². The average molecular weight is 315 g/mol. The molecule has 1 N–H and O–H groups in total. The highest BCUT2D eigenvalue weighted by atomic mass is 32.1. The van der Waals surface area contributed by atoms with Crippen LogP contribution in [0.2, 0.25) is 0 Å². The van der Waals surface area contributed by atoms with Crippen LogP contribution in [0.1, 0.15) is 42.5 Å². The maximum atomic E-state index is 5.24. The first-order valence-corrected chi connectivity index (χ1v) is 8.43. The molecule has 0 saturated heterocycles. The van der Waals surface area contributed by atoms with E-state index < -0.39 is 0 Å². The molecule has 0 bridgehead atoms. The number of fused-ring (bicyclic) bond motifs is 1. The Balaban J connectivity index is 1.69. The molecule has 2 atom stereocenters. The standard InChI is InChI=1S/C17H21N3OS/c1-10(7-15-12(3)20-21-13(15)4)19-11(2)14-8-17-16(18-9-14)5-6-22-17/h5-6,8-11,19H,7H2,1-4H3/t10-,11-/m0/s1. The van der Waals surface area contributed by atoms with Gasteiger partial charge in [0.05, 0.1) is 15.9 Å². The van der Waals surface area contributed by atoms with Crippen molar-refractivity contribution in [2.75, 3.05) is 0 Å². The van der Waals surface area contributed by atoms with Gasteiger partial charge in [0.25, 0.3) is 0 Å². The van der Waals surface area contributed by atoms with E-state index in [1.165, 1.54) is 15.8 Å². The molecule has 3 heterocycles. The van der Waals surface area contributed by atoms with Gasteiger partial charge in [0.1, 0.15) is 5.76 Å². The number of nitrogens with one attached hydrogen (secondary N) is 1. The van der Waals surface area contributed by atoms with Gasteiger partial charge in [-0.25, -0.2) is 0 Å². The summed E-state index contributed by atoms with van der Waals surface area (Å²) in [6.07, 6.45) is 2.88. The van der Waals surface area contributed by atoms with Crippen molar-refractivity contribution in [2.45, 2.75) is 46.2 Å². The highest BCUT2D eigenvalue weighted by Gasteiger charge is 2.15. The third-order valence-electron chi connectivity index (χ3n) is 4.05. The van der Waals surface area contributed by atoms with Gasteiger partial charge in [0, 0.05) is 23.8 Å². The normalized spacial score (nSPS) is 14.4. The summed E-state index contributed by atoms with van der Waals surface area (Å²) in [5, 5.41) is 9.75. The van der Waals surface area contributed by atoms with E-state index >= 15 is 0 Å². The minimum atomic E-state index is 0.259. The van der Waals surface area contributed by atoms with Crippen molar-refractivity contribution >= 4 is 21.6 Å². The Bertz CT molecular complexity index is 758. The minimum absolute atomic E-state index is 0.259. The number of aryl methyl sites for hydroxylation is 2. The maximum absolute atomic E-state index is 5.24. The summed E-state index contributed by atoms with van der Waals surface area (Å²) in [6, 6.07) is 4.88. The lowest BCUT2D eigenvalue weighted by Gasteiger charge is -2.20. The van der Waals surface area contributed by atoms with E-state index in [0.29, 0.717) is 6.04 Å². The summed E-state index contributed by atoms with van der Waals surface area (Å²) in [7, 11) is 0. The number of hydrogen-bond donors (Lipinski definition) is 1. The van der Waals surface area contributed by atoms with E-state index in [0.717, 1.165) is 23.4 Å². The lowest BCUT2D eigenvalue weighted by Crippen LogP contribution is -2.31. The Kier molecular flexibility index (Phi) is 4.27. The molecule has 0 saturated carbocycles. The Labute approximate surface area is 134 Å². The first kappa shape index (κ1) is 15.2. The Morgan fingerprint density at radius 2 is 2.14 bits per heavy atom. The predicted molar refractivity (Wildman–Crippen MR) is 90.3 cm³/mol. The summed E-state index contributed by atoms with van der Waals surface area (Å²) in [5.74, 6) is 0.917. The Morgan fingerprint density at radius 3 is 2.86 bits per heavy atom. The van der Waals surface area contributed by atoms with Crippen molar-refractivity contribution in [3.63, 3.8) is 0 Å². The topological polar surface area (TPSA) is 51.0 Å². The molecule has 0 aromatic carbocycles. The molecule has 0 aliphatic heterocycles. The lowest BCUT2D eigenvalue weighted by atomic mass is 10.0. The zero-order chi connectivity index (χ0) is 15.7. The van der Waals surface area contributed by atoms with Gasteiger partial charge < -0.3 is 9.84 Å². The first-order valence-electron chi connectivity index (χ1n) is 7.55. The molecule has 3 aromatic rings. The van der Waals surface area contributed by atoms with Crippen LogP contribution < -0.4 is 5.32 Å². The van der Waals surface area contributed by atoms with Gasteiger partial charge in [-0.15, -0.1) is 11.3 Å². The van der Waals surface area contributed by atoms with E-state index in [2.05, 4.69) is 46.8 Å². The van der Waals surface area contributed by atoms with Crippen LogP contribution in [0, 0.1) is 13.8 Å². The smallest absolute Gasteiger partial charge is 0.137 e. The van der Waals surface area contributed by atoms with Gasteiger partial charge in [-0.1, -0.05) is 5.16 Å². The second-order valence-electron chi connectivity index (χ2n) is 5.87. The minimum Gasteiger partial charge on any atom is -0.361 e. The summed E-state index contributed by atoms with van der Waals surface area (Å²) in [4.78, 5) is 4.52. The molecular formula is C17H21N3OS. The van der Waals surface area contributed by atoms with Gasteiger partial charge >= 0.3 is 0 Å². The number of thiophene rings is 1. The average Bonchev–Trinajstić information content (AvgIpc) is 3.08. The van der Waals surface area contributed by atoms with Crippen LogP contribution in [0.5, 0.6) is 0 Å². The number of pyridine rings is 1. The summed E-state index contributed by atoms with van der Waals surface area (Å²) in [5.41, 5.74) is 4.49. The van der Waals surface area contributed by atoms with Gasteiger partial charge in [-0.05, 0) is 57.2 Å². The Morgan fingerprint density at radius 1 is 1.32 bits per heavy atom. The molecular weight excluding hydrogens is 294 g/mol. The van der Waals surface area contributed by atoms with Crippen LogP contribution in [0.3, 0.4) is 0 Å². The van der Waals surface area contributed by atoms with E-state index in [1.807, 2.05) is 20.0 Å². The van der Waals surface area contributed by atoms with E-state index in [9.17, 15) is 0 Å². The molecule has 3 rings (SSSR count). The van der Waals surface area contributed by atoms with Crippen LogP contribution in [0.4, 0.5) is 0 Å². The highest BCUT2D eigenvalue weighted by Crippen LogP contribution is 2.23. The molecule has 22 heavy (non-hydrogen) atoms. The summed E-state index contributed by atoms with van der Waals surface area (Å²) < 4.78 is 6.48. The zero-order valence-electron chi connectivity index (χ0n) is 13.4. The fourth-order valence-corrected chi connectivity index (χ4v) is 3.57. The molecule has 5 heteroatoms. The van der Waals surface area contributed by atoms with Crippen molar-refractivity contribution in [2.24, 2.45) is 0 Å². The number of hydrogen-bond acceptors (Lipinski definition) is 5. The fraction of sp³-hybridized carbons (Fsp3) is 0.412. The predicted octanol–water partition coefficient (Wildman–Crippen LogP) is 4.18. The molecule has 0 unspecified atom stereocenters. The lowest BCUT2D eigenvalue weighted by molar-refractivity contribution is 0.391. The summed E-state index contributed by atoms with van der Waals surface area (Å²) >= 11 is 1.73. The molecule has 116 valence electrons. The van der Waals surface area contributed by atoms with Crippen molar-refractivity contribution in [3.8, 4) is 0 Å². The number of rotatable bonds is 5. The number of nitrogens with zero attached hydrogens (tertiary/aromatic N) is 2. The van der Waals surface area contributed by atoms with Gasteiger partial charge in [0.2, 0.25) is 0 Å². The van der Waals surface area contributed by atoms with Crippen molar-refractivity contribution in [3.05, 3.63) is 46.3 Å². The second kappa shape index (κ2) is 6.18. The quantitative estimate of drug-likeness (QED) is 0.767. The van der Waals surface area contributed by atoms with Crippen molar-refractivity contribution in [1.82, 2.24) is 15.5 Å². The van der Waals surface area contributed by atoms with Crippen LogP contribution in [0.15, 0.2) is 28.2 Å². The molecule has 3 aromatic heterocycles. The molecule has 0 aliphatic rings. The SMILES string of the molecule is Cc1noc(C)c1C[C@H](C)N[C@@H](C)c1cnc2ccsc2c1. The van der Waals surface area contributed by atoms with Crippen LogP contribution in [0.25, 0.3) is 10.2 Å². The molecule has 0 radical (unpaired) electrons. The van der Waals surface area contributed by atoms with E-state index in [1.54, 1.807) is 11.3 Å². The molecule has 0 amide bonds.